The Bertz CT molecular complexity index is 724. The number of rotatable bonds is 4. The number of fused-ring (bicyclic) bond motifs is 1. The topological polar surface area (TPSA) is 43.2 Å². The predicted octanol–water partition coefficient (Wildman–Crippen LogP) is 2.92. The molecule has 5 nitrogen and oxygen atoms in total. The Morgan fingerprint density at radius 1 is 1.21 bits per heavy atom. The zero-order valence-corrected chi connectivity index (χ0v) is 14.7. The monoisotopic (exact) mass is 326 g/mol. The standard InChI is InChI=1S/C19H26N4O/c1-14-7-8-15(11-17(14)24-2)12-22-9-3-5-16(13-22)19-21-20-18-6-4-10-23(18)19/h7-8,11,16H,3-6,9-10,12-13H2,1-2H3. The normalized spacial score (nSPS) is 21.0. The van der Waals surface area contributed by atoms with Gasteiger partial charge in [0.15, 0.2) is 0 Å². The van der Waals surface area contributed by atoms with Crippen LogP contribution in [0.5, 0.6) is 5.75 Å². The molecule has 0 amide bonds. The third kappa shape index (κ3) is 2.93. The SMILES string of the molecule is COc1cc(CN2CCCC(c3nnc4n3CCC4)C2)ccc1C. The molecule has 24 heavy (non-hydrogen) atoms. The second-order valence-electron chi connectivity index (χ2n) is 7.11. The lowest BCUT2D eigenvalue weighted by Crippen LogP contribution is -2.34. The first-order valence-electron chi connectivity index (χ1n) is 9.02. The first kappa shape index (κ1) is 15.6. The number of hydrogen-bond donors (Lipinski definition) is 0. The predicted molar refractivity (Wildman–Crippen MR) is 93.3 cm³/mol. The van der Waals surface area contributed by atoms with Gasteiger partial charge in [-0.15, -0.1) is 10.2 Å². The van der Waals surface area contributed by atoms with Crippen LogP contribution in [0.1, 0.15) is 48.0 Å². The third-order valence-electron chi connectivity index (χ3n) is 5.39. The van der Waals surface area contributed by atoms with Crippen molar-refractivity contribution in [1.29, 1.82) is 0 Å². The highest BCUT2D eigenvalue weighted by Gasteiger charge is 2.28. The van der Waals surface area contributed by atoms with Gasteiger partial charge in [-0.3, -0.25) is 4.90 Å². The highest BCUT2D eigenvalue weighted by Crippen LogP contribution is 2.29. The minimum Gasteiger partial charge on any atom is -0.496 e. The highest BCUT2D eigenvalue weighted by molar-refractivity contribution is 5.36. The van der Waals surface area contributed by atoms with Crippen molar-refractivity contribution in [2.24, 2.45) is 0 Å². The molecule has 4 rings (SSSR count). The van der Waals surface area contributed by atoms with Gasteiger partial charge in [0, 0.05) is 32.0 Å². The van der Waals surface area contributed by atoms with Crippen molar-refractivity contribution in [3.8, 4) is 5.75 Å². The molecule has 2 aromatic rings. The molecule has 1 aromatic carbocycles. The number of aryl methyl sites for hydroxylation is 2. The van der Waals surface area contributed by atoms with Crippen LogP contribution in [0.25, 0.3) is 0 Å². The van der Waals surface area contributed by atoms with Gasteiger partial charge in [0.25, 0.3) is 0 Å². The molecule has 1 aromatic heterocycles. The van der Waals surface area contributed by atoms with Gasteiger partial charge in [-0.1, -0.05) is 12.1 Å². The summed E-state index contributed by atoms with van der Waals surface area (Å²) >= 11 is 0. The molecule has 1 saturated heterocycles. The second kappa shape index (κ2) is 6.55. The number of aromatic nitrogens is 3. The van der Waals surface area contributed by atoms with Crippen molar-refractivity contribution in [3.63, 3.8) is 0 Å². The van der Waals surface area contributed by atoms with E-state index in [-0.39, 0.29) is 0 Å². The minimum atomic E-state index is 0.519. The van der Waals surface area contributed by atoms with Gasteiger partial charge in [-0.2, -0.15) is 0 Å². The molecule has 3 heterocycles. The average Bonchev–Trinajstić information content (AvgIpc) is 3.20. The third-order valence-corrected chi connectivity index (χ3v) is 5.39. The van der Waals surface area contributed by atoms with E-state index in [0.29, 0.717) is 5.92 Å². The fourth-order valence-corrected chi connectivity index (χ4v) is 4.11. The van der Waals surface area contributed by atoms with Crippen molar-refractivity contribution in [2.45, 2.75) is 51.6 Å². The molecule has 2 aliphatic rings. The van der Waals surface area contributed by atoms with Gasteiger partial charge in [-0.25, -0.2) is 0 Å². The zero-order chi connectivity index (χ0) is 16.5. The van der Waals surface area contributed by atoms with Crippen LogP contribution >= 0.6 is 0 Å². The maximum Gasteiger partial charge on any atom is 0.137 e. The largest absolute Gasteiger partial charge is 0.496 e. The highest BCUT2D eigenvalue weighted by atomic mass is 16.5. The maximum absolute atomic E-state index is 5.47. The van der Waals surface area contributed by atoms with E-state index in [1.165, 1.54) is 42.0 Å². The Kier molecular flexibility index (Phi) is 4.27. The molecule has 5 heteroatoms. The van der Waals surface area contributed by atoms with Gasteiger partial charge >= 0.3 is 0 Å². The average molecular weight is 326 g/mol. The van der Waals surface area contributed by atoms with Crippen molar-refractivity contribution < 1.29 is 4.74 Å². The smallest absolute Gasteiger partial charge is 0.137 e. The van der Waals surface area contributed by atoms with Crippen LogP contribution in [0, 0.1) is 6.92 Å². The summed E-state index contributed by atoms with van der Waals surface area (Å²) in [6, 6.07) is 6.55. The van der Waals surface area contributed by atoms with Crippen LogP contribution in [-0.2, 0) is 19.5 Å². The fourth-order valence-electron chi connectivity index (χ4n) is 4.11. The van der Waals surface area contributed by atoms with E-state index in [4.69, 9.17) is 4.74 Å². The van der Waals surface area contributed by atoms with Crippen molar-refractivity contribution >= 4 is 0 Å². The number of likely N-dealkylation sites (tertiary alicyclic amines) is 1. The van der Waals surface area contributed by atoms with Crippen molar-refractivity contribution in [1.82, 2.24) is 19.7 Å². The van der Waals surface area contributed by atoms with Crippen molar-refractivity contribution in [3.05, 3.63) is 41.0 Å². The summed E-state index contributed by atoms with van der Waals surface area (Å²) in [6.45, 7) is 6.41. The Hall–Kier alpha value is -1.88. The molecule has 1 atom stereocenters. The summed E-state index contributed by atoms with van der Waals surface area (Å²) in [5.74, 6) is 3.90. The second-order valence-corrected chi connectivity index (χ2v) is 7.11. The van der Waals surface area contributed by atoms with Crippen LogP contribution in [0.15, 0.2) is 18.2 Å². The number of ether oxygens (including phenoxy) is 1. The van der Waals surface area contributed by atoms with E-state index in [1.54, 1.807) is 7.11 Å². The summed E-state index contributed by atoms with van der Waals surface area (Å²) < 4.78 is 7.83. The quantitative estimate of drug-likeness (QED) is 0.866. The first-order valence-corrected chi connectivity index (χ1v) is 9.02. The number of hydrogen-bond acceptors (Lipinski definition) is 4. The lowest BCUT2D eigenvalue weighted by molar-refractivity contribution is 0.194. The molecule has 0 N–H and O–H groups in total. The lowest BCUT2D eigenvalue weighted by Gasteiger charge is -2.32. The fraction of sp³-hybridized carbons (Fsp3) is 0.579. The lowest BCUT2D eigenvalue weighted by atomic mass is 9.96. The van der Waals surface area contributed by atoms with E-state index in [9.17, 15) is 0 Å². The summed E-state index contributed by atoms with van der Waals surface area (Å²) in [4.78, 5) is 2.55. The number of methoxy groups -OCH3 is 1. The van der Waals surface area contributed by atoms with Gasteiger partial charge in [0.1, 0.15) is 17.4 Å². The van der Waals surface area contributed by atoms with Crippen LogP contribution in [-0.4, -0.2) is 39.9 Å². The van der Waals surface area contributed by atoms with Crippen molar-refractivity contribution in [2.75, 3.05) is 20.2 Å². The molecule has 128 valence electrons. The maximum atomic E-state index is 5.47. The van der Waals surface area contributed by atoms with E-state index in [2.05, 4.69) is 44.8 Å². The zero-order valence-electron chi connectivity index (χ0n) is 14.7. The molecule has 0 radical (unpaired) electrons. The first-order chi connectivity index (χ1) is 11.7. The number of nitrogens with zero attached hydrogens (tertiary/aromatic N) is 4. The van der Waals surface area contributed by atoms with E-state index in [1.807, 2.05) is 0 Å². The van der Waals surface area contributed by atoms with Gasteiger partial charge in [-0.05, 0) is 49.9 Å². The van der Waals surface area contributed by atoms with Crippen LogP contribution in [0.3, 0.4) is 0 Å². The van der Waals surface area contributed by atoms with E-state index >= 15 is 0 Å². The summed E-state index contributed by atoms with van der Waals surface area (Å²) in [7, 11) is 1.74. The van der Waals surface area contributed by atoms with E-state index in [0.717, 1.165) is 38.3 Å². The summed E-state index contributed by atoms with van der Waals surface area (Å²) in [5, 5.41) is 8.90. The number of piperidine rings is 1. The Morgan fingerprint density at radius 3 is 3.00 bits per heavy atom. The summed E-state index contributed by atoms with van der Waals surface area (Å²) in [5.41, 5.74) is 2.52. The Balaban J connectivity index is 1.47. The molecular weight excluding hydrogens is 300 g/mol. The van der Waals surface area contributed by atoms with Gasteiger partial charge < -0.3 is 9.30 Å². The molecule has 1 fully saturated rings. The molecule has 2 aliphatic heterocycles. The molecular formula is C19H26N4O. The molecule has 1 unspecified atom stereocenters. The summed E-state index contributed by atoms with van der Waals surface area (Å²) in [6.07, 6.45) is 4.77. The van der Waals surface area contributed by atoms with Crippen LogP contribution < -0.4 is 4.74 Å². The molecule has 0 aliphatic carbocycles. The molecule has 0 saturated carbocycles. The Morgan fingerprint density at radius 2 is 2.12 bits per heavy atom. The van der Waals surface area contributed by atoms with Gasteiger partial charge in [0.05, 0.1) is 7.11 Å². The molecule has 0 spiro atoms. The van der Waals surface area contributed by atoms with Gasteiger partial charge in [0.2, 0.25) is 0 Å². The van der Waals surface area contributed by atoms with Crippen LogP contribution in [0.2, 0.25) is 0 Å². The molecule has 0 bridgehead atoms. The Labute approximate surface area is 143 Å². The number of benzene rings is 1. The van der Waals surface area contributed by atoms with E-state index < -0.39 is 0 Å². The van der Waals surface area contributed by atoms with Crippen LogP contribution in [0.4, 0.5) is 0 Å². The minimum absolute atomic E-state index is 0.519.